The highest BCUT2D eigenvalue weighted by Gasteiger charge is 2.27. The van der Waals surface area contributed by atoms with Crippen LogP contribution in [0, 0.1) is 0 Å². The van der Waals surface area contributed by atoms with Crippen LogP contribution in [0.1, 0.15) is 19.4 Å². The van der Waals surface area contributed by atoms with E-state index < -0.39 is 7.37 Å². The molecule has 0 aromatic heterocycles. The van der Waals surface area contributed by atoms with Crippen molar-refractivity contribution in [2.24, 2.45) is 0 Å². The van der Waals surface area contributed by atoms with Gasteiger partial charge in [0.15, 0.2) is 0 Å². The summed E-state index contributed by atoms with van der Waals surface area (Å²) in [5, 5.41) is 0.785. The van der Waals surface area contributed by atoms with Crippen molar-refractivity contribution in [2.45, 2.75) is 26.1 Å². The van der Waals surface area contributed by atoms with Gasteiger partial charge < -0.3 is 4.52 Å². The van der Waals surface area contributed by atoms with Crippen LogP contribution in [0.4, 0.5) is 0 Å². The van der Waals surface area contributed by atoms with Crippen molar-refractivity contribution in [3.05, 3.63) is 66.2 Å². The lowest BCUT2D eigenvalue weighted by molar-refractivity contribution is 0.248. The summed E-state index contributed by atoms with van der Waals surface area (Å²) in [4.78, 5) is 0. The molecule has 0 bridgehead atoms. The maximum atomic E-state index is 13.2. The van der Waals surface area contributed by atoms with Crippen LogP contribution in [0.15, 0.2) is 60.7 Å². The van der Waals surface area contributed by atoms with Gasteiger partial charge in [-0.15, -0.1) is 0 Å². The number of rotatable bonds is 5. The highest BCUT2D eigenvalue weighted by molar-refractivity contribution is 7.66. The molecule has 0 saturated carbocycles. The largest absolute Gasteiger partial charge is 0.322 e. The van der Waals surface area contributed by atoms with Crippen LogP contribution in [-0.4, -0.2) is 6.10 Å². The van der Waals surface area contributed by atoms with Crippen molar-refractivity contribution in [3.8, 4) is 0 Å². The minimum absolute atomic E-state index is 0.0604. The summed E-state index contributed by atoms with van der Waals surface area (Å²) in [6.07, 6.45) is 0.380. The molecule has 2 aromatic carbocycles. The monoisotopic (exact) mass is 274 g/mol. The Balaban J connectivity index is 2.33. The van der Waals surface area contributed by atoms with E-state index in [4.69, 9.17) is 4.52 Å². The zero-order chi connectivity index (χ0) is 13.7. The first-order valence-corrected chi connectivity index (χ1v) is 8.28. The lowest BCUT2D eigenvalue weighted by Gasteiger charge is -2.21. The zero-order valence-corrected chi connectivity index (χ0v) is 12.2. The Morgan fingerprint density at radius 1 is 0.947 bits per heavy atom. The van der Waals surface area contributed by atoms with E-state index in [9.17, 15) is 4.57 Å². The molecule has 0 saturated heterocycles. The van der Waals surface area contributed by atoms with Crippen LogP contribution in [0.25, 0.3) is 0 Å². The number of hydrogen-bond acceptors (Lipinski definition) is 2. The smallest absolute Gasteiger partial charge is 0.236 e. The maximum absolute atomic E-state index is 13.2. The second-order valence-electron chi connectivity index (χ2n) is 4.81. The lowest BCUT2D eigenvalue weighted by atomic mass is 10.2. The minimum Gasteiger partial charge on any atom is -0.322 e. The molecule has 1 unspecified atom stereocenters. The molecule has 2 aromatic rings. The van der Waals surface area contributed by atoms with Gasteiger partial charge >= 0.3 is 0 Å². The zero-order valence-electron chi connectivity index (χ0n) is 11.3. The summed E-state index contributed by atoms with van der Waals surface area (Å²) in [7, 11) is -2.85. The Labute approximate surface area is 114 Å². The van der Waals surface area contributed by atoms with Crippen LogP contribution in [-0.2, 0) is 15.3 Å². The van der Waals surface area contributed by atoms with Gasteiger partial charge in [0.05, 0.1) is 12.3 Å². The third-order valence-corrected chi connectivity index (χ3v) is 5.39. The summed E-state index contributed by atoms with van der Waals surface area (Å²) in [6, 6.07) is 19.3. The van der Waals surface area contributed by atoms with E-state index in [2.05, 4.69) is 0 Å². The van der Waals surface area contributed by atoms with Crippen LogP contribution in [0.2, 0.25) is 0 Å². The molecule has 0 amide bonds. The van der Waals surface area contributed by atoms with Crippen molar-refractivity contribution < 1.29 is 9.09 Å². The summed E-state index contributed by atoms with van der Waals surface area (Å²) in [5.74, 6) is 0. The molecule has 3 heteroatoms. The van der Waals surface area contributed by atoms with E-state index in [1.54, 1.807) is 0 Å². The van der Waals surface area contributed by atoms with Crippen molar-refractivity contribution in [1.82, 2.24) is 0 Å². The summed E-state index contributed by atoms with van der Waals surface area (Å²) in [5.41, 5.74) is 1.04. The summed E-state index contributed by atoms with van der Waals surface area (Å²) < 4.78 is 19.0. The quantitative estimate of drug-likeness (QED) is 0.763. The first-order valence-electron chi connectivity index (χ1n) is 6.47. The average molecular weight is 274 g/mol. The fourth-order valence-corrected chi connectivity index (χ4v) is 4.39. The third-order valence-electron chi connectivity index (χ3n) is 2.76. The molecule has 0 radical (unpaired) electrons. The second kappa shape index (κ2) is 6.18. The standard InChI is InChI=1S/C16H19O2P/c1-14(2)18-19(17,16-11-7-4-8-12-16)13-15-9-5-3-6-10-15/h3-12,14H,13H2,1-2H3. The van der Waals surface area contributed by atoms with Crippen molar-refractivity contribution in [2.75, 3.05) is 0 Å². The molecule has 0 heterocycles. The highest BCUT2D eigenvalue weighted by atomic mass is 31.2. The van der Waals surface area contributed by atoms with Gasteiger partial charge in [0.2, 0.25) is 7.37 Å². The second-order valence-corrected chi connectivity index (χ2v) is 7.20. The van der Waals surface area contributed by atoms with Crippen molar-refractivity contribution >= 4 is 12.7 Å². The Morgan fingerprint density at radius 3 is 2.00 bits per heavy atom. The third kappa shape index (κ3) is 3.79. The van der Waals surface area contributed by atoms with E-state index in [1.807, 2.05) is 74.5 Å². The Bertz CT molecular complexity index is 549. The van der Waals surface area contributed by atoms with Gasteiger partial charge in [-0.05, 0) is 31.5 Å². The molecule has 0 aliphatic heterocycles. The molecule has 0 N–H and O–H groups in total. The van der Waals surface area contributed by atoms with Gasteiger partial charge in [-0.1, -0.05) is 48.5 Å². The summed E-state index contributed by atoms with van der Waals surface area (Å²) >= 11 is 0. The first-order chi connectivity index (χ1) is 9.10. The van der Waals surface area contributed by atoms with Crippen LogP contribution < -0.4 is 5.30 Å². The van der Waals surface area contributed by atoms with Gasteiger partial charge in [-0.25, -0.2) is 0 Å². The molecule has 0 aliphatic rings. The molecule has 100 valence electrons. The molecule has 19 heavy (non-hydrogen) atoms. The van der Waals surface area contributed by atoms with Crippen LogP contribution >= 0.6 is 7.37 Å². The maximum Gasteiger partial charge on any atom is 0.236 e. The lowest BCUT2D eigenvalue weighted by Crippen LogP contribution is -2.13. The average Bonchev–Trinajstić information content (AvgIpc) is 2.40. The predicted octanol–water partition coefficient (Wildman–Crippen LogP) is 4.22. The molecule has 0 fully saturated rings. The fourth-order valence-electron chi connectivity index (χ4n) is 2.01. The van der Waals surface area contributed by atoms with E-state index in [0.29, 0.717) is 6.16 Å². The molecular formula is C16H19O2P. The predicted molar refractivity (Wildman–Crippen MR) is 80.0 cm³/mol. The SMILES string of the molecule is CC(C)OP(=O)(Cc1ccccc1)c1ccccc1. The van der Waals surface area contributed by atoms with Gasteiger partial charge in [-0.3, -0.25) is 4.57 Å². The van der Waals surface area contributed by atoms with Crippen LogP contribution in [0.5, 0.6) is 0 Å². The number of benzene rings is 2. The molecule has 2 nitrogen and oxygen atoms in total. The van der Waals surface area contributed by atoms with Crippen LogP contribution in [0.3, 0.4) is 0 Å². The van der Waals surface area contributed by atoms with Gasteiger partial charge in [-0.2, -0.15) is 0 Å². The Hall–Kier alpha value is -1.37. The Morgan fingerprint density at radius 2 is 1.47 bits per heavy atom. The molecule has 0 aliphatic carbocycles. The normalized spacial score (nSPS) is 14.3. The molecule has 1 atom stereocenters. The van der Waals surface area contributed by atoms with E-state index in [-0.39, 0.29) is 6.10 Å². The molecular weight excluding hydrogens is 255 g/mol. The number of hydrogen-bond donors (Lipinski definition) is 0. The minimum atomic E-state index is -2.85. The van der Waals surface area contributed by atoms with Gasteiger partial charge in [0.25, 0.3) is 0 Å². The van der Waals surface area contributed by atoms with Gasteiger partial charge in [0, 0.05) is 5.30 Å². The van der Waals surface area contributed by atoms with E-state index in [1.165, 1.54) is 0 Å². The van der Waals surface area contributed by atoms with E-state index >= 15 is 0 Å². The molecule has 2 rings (SSSR count). The van der Waals surface area contributed by atoms with Crippen molar-refractivity contribution in [1.29, 1.82) is 0 Å². The van der Waals surface area contributed by atoms with Gasteiger partial charge in [0.1, 0.15) is 0 Å². The molecule has 0 spiro atoms. The fraction of sp³-hybridized carbons (Fsp3) is 0.250. The topological polar surface area (TPSA) is 26.3 Å². The van der Waals surface area contributed by atoms with E-state index in [0.717, 1.165) is 10.9 Å². The van der Waals surface area contributed by atoms with Crippen molar-refractivity contribution in [3.63, 3.8) is 0 Å². The first kappa shape index (κ1) is 14.0. The highest BCUT2D eigenvalue weighted by Crippen LogP contribution is 2.50. The summed E-state index contributed by atoms with van der Waals surface area (Å²) in [6.45, 7) is 3.83. The Kier molecular flexibility index (Phi) is 4.57.